The van der Waals surface area contributed by atoms with Gasteiger partial charge in [0.05, 0.1) is 28.6 Å². The molecule has 1 unspecified atom stereocenters. The SMILES string of the molecule is Cc1c(C)c(S(=O)(=O)NC(=NCCC[C@H](NC(=O)CCCCCC(=O)O)C(=O)NCCCCCNC(=O)c2ccc(C(=O)N[C@H](C)C(=O)N3C[C@@H](O)C[C@H]3B3OC4C[C@@H]5C[C@@H](C5(C)C)[C@]4(C)O3)c3ccccc23)N(C)C)c(C)c2c1OC(C)(C)C2. The Kier molecular flexibility index (Phi) is 20.1. The van der Waals surface area contributed by atoms with E-state index in [9.17, 15) is 42.3 Å². The first-order chi connectivity index (χ1) is 40.0. The number of carboxylic acids is 1. The van der Waals surface area contributed by atoms with Crippen LogP contribution < -0.4 is 30.7 Å². The number of carboxylic acid groups (broad SMARTS) is 1. The summed E-state index contributed by atoms with van der Waals surface area (Å²) in [5.41, 5.74) is 2.71. The Morgan fingerprint density at radius 2 is 1.46 bits per heavy atom. The van der Waals surface area contributed by atoms with Gasteiger partial charge in [0.1, 0.15) is 23.4 Å². The van der Waals surface area contributed by atoms with Gasteiger partial charge in [-0.15, -0.1) is 0 Å². The molecule has 7 N–H and O–H groups in total. The van der Waals surface area contributed by atoms with E-state index in [4.69, 9.17) is 19.2 Å². The van der Waals surface area contributed by atoms with Crippen LogP contribution in [-0.4, -0.2) is 159 Å². The zero-order chi connectivity index (χ0) is 61.9. The molecule has 3 aromatic rings. The molecule has 9 rings (SSSR count). The van der Waals surface area contributed by atoms with Gasteiger partial charge in [-0.25, -0.2) is 13.1 Å². The molecule has 21 nitrogen and oxygen atoms in total. The van der Waals surface area contributed by atoms with Crippen molar-refractivity contribution in [3.63, 3.8) is 0 Å². The van der Waals surface area contributed by atoms with Gasteiger partial charge in [-0.1, -0.05) is 44.5 Å². The Labute approximate surface area is 501 Å². The van der Waals surface area contributed by atoms with Gasteiger partial charge in [0.15, 0.2) is 0 Å². The first-order valence-corrected chi connectivity index (χ1v) is 31.8. The molecule has 23 heteroatoms. The minimum atomic E-state index is -4.10. The largest absolute Gasteiger partial charge is 0.487 e. The number of β-amino-alcohol motifs (C(OH)–C–C–N with tert-alkyl or cyclic N) is 1. The van der Waals surface area contributed by atoms with Crippen LogP contribution in [0.15, 0.2) is 46.3 Å². The molecule has 464 valence electrons. The number of fused-ring (bicyclic) bond motifs is 2. The van der Waals surface area contributed by atoms with Crippen molar-refractivity contribution >= 4 is 69.4 Å². The summed E-state index contributed by atoms with van der Waals surface area (Å²) >= 11 is 0. The van der Waals surface area contributed by atoms with Crippen molar-refractivity contribution in [1.82, 2.24) is 35.8 Å². The number of guanidine groups is 1. The zero-order valence-electron chi connectivity index (χ0n) is 51.4. The number of unbranched alkanes of at least 4 members (excludes halogenated alkanes) is 4. The van der Waals surface area contributed by atoms with Gasteiger partial charge >= 0.3 is 13.1 Å². The highest BCUT2D eigenvalue weighted by Gasteiger charge is 2.69. The molecule has 3 aromatic carbocycles. The van der Waals surface area contributed by atoms with E-state index in [1.807, 2.05) is 20.8 Å². The van der Waals surface area contributed by atoms with Gasteiger partial charge in [0, 0.05) is 76.2 Å². The molecule has 2 bridgehead atoms. The number of aliphatic hydroxyl groups excluding tert-OH is 1. The van der Waals surface area contributed by atoms with E-state index < -0.39 is 70.3 Å². The van der Waals surface area contributed by atoms with Crippen molar-refractivity contribution in [2.45, 2.75) is 199 Å². The number of amides is 5. The number of hydrogen-bond donors (Lipinski definition) is 7. The Bertz CT molecular complexity index is 3190. The van der Waals surface area contributed by atoms with Gasteiger partial charge in [-0.05, 0) is 170 Å². The highest BCUT2D eigenvalue weighted by atomic mass is 32.2. The molecule has 85 heavy (non-hydrogen) atoms. The second-order valence-corrected chi connectivity index (χ2v) is 27.4. The van der Waals surface area contributed by atoms with E-state index in [1.54, 1.807) is 81.1 Å². The summed E-state index contributed by atoms with van der Waals surface area (Å²) in [7, 11) is -1.43. The molecular weight excluding hydrogens is 1110 g/mol. The van der Waals surface area contributed by atoms with Crippen molar-refractivity contribution in [2.24, 2.45) is 22.2 Å². The lowest BCUT2D eigenvalue weighted by molar-refractivity contribution is -0.199. The summed E-state index contributed by atoms with van der Waals surface area (Å²) < 4.78 is 50.2. The molecule has 0 aromatic heterocycles. The number of benzene rings is 3. The van der Waals surface area contributed by atoms with Crippen LogP contribution >= 0.6 is 0 Å². The quantitative estimate of drug-likeness (QED) is 0.0221. The van der Waals surface area contributed by atoms with E-state index in [0.717, 1.165) is 29.7 Å². The predicted molar refractivity (Wildman–Crippen MR) is 324 cm³/mol. The van der Waals surface area contributed by atoms with Crippen molar-refractivity contribution in [3.8, 4) is 5.75 Å². The molecule has 0 radical (unpaired) electrons. The van der Waals surface area contributed by atoms with Crippen molar-refractivity contribution in [1.29, 1.82) is 0 Å². The number of carbonyl (C=O) groups is 6. The maximum absolute atomic E-state index is 14.1. The minimum Gasteiger partial charge on any atom is -0.487 e. The normalized spacial score (nSPS) is 23.4. The standard InChI is InChI=1S/C62H89BN8O13S/c1-36-37(2)54(38(3)46-34-60(5,6)82-53(36)46)85(80,81)69-59(70(10)11)66-30-20-23-47(68-51(73)24-14-12-15-25-52(74)75)57(78)65-29-19-13-18-28-64-55(76)44-26-27-45(43-22-17-16-21-42(43)44)56(77)67-39(4)58(79)71-35-41(72)33-50(71)63-83-49-32-40-31-48(61(40,7)8)62(49,9)84-63/h16-17,21-22,26-27,39-41,47-50,72H,12-15,18-20,23-25,28-35H2,1-11H3,(H,64,76)(H,65,78)(H,66,69)(H,67,77)(H,68,73)(H,74,75)/t39-,40+,41+,47+,48+,49?,50+,62+/m1/s1. The summed E-state index contributed by atoms with van der Waals surface area (Å²) in [6.45, 7) is 18.5. The first-order valence-electron chi connectivity index (χ1n) is 30.3. The number of ether oxygens (including phenoxy) is 1. The van der Waals surface area contributed by atoms with Crippen LogP contribution in [0.5, 0.6) is 5.75 Å². The number of nitrogens with one attached hydrogen (secondary N) is 5. The average Bonchev–Trinajstić information content (AvgIpc) is 1.68. The van der Waals surface area contributed by atoms with Crippen molar-refractivity contribution in [3.05, 3.63) is 69.8 Å². The van der Waals surface area contributed by atoms with Crippen LogP contribution in [0, 0.1) is 38.0 Å². The zero-order valence-corrected chi connectivity index (χ0v) is 52.3. The summed E-state index contributed by atoms with van der Waals surface area (Å²) in [5.74, 6) is -1.60. The van der Waals surface area contributed by atoms with Crippen LogP contribution in [0.1, 0.15) is 168 Å². The molecule has 5 amide bonds. The van der Waals surface area contributed by atoms with E-state index >= 15 is 0 Å². The fourth-order valence-electron chi connectivity index (χ4n) is 13.6. The van der Waals surface area contributed by atoms with Gasteiger partial charge in [-0.3, -0.25) is 33.8 Å². The molecule has 3 aliphatic carbocycles. The molecule has 8 atom stereocenters. The van der Waals surface area contributed by atoms with Crippen molar-refractivity contribution in [2.75, 3.05) is 40.3 Å². The number of rotatable bonds is 25. The third-order valence-corrected chi connectivity index (χ3v) is 20.1. The second kappa shape index (κ2) is 26.4. The van der Waals surface area contributed by atoms with Crippen LogP contribution in [0.3, 0.4) is 0 Å². The molecule has 0 spiro atoms. The summed E-state index contributed by atoms with van der Waals surface area (Å²) in [6, 6.07) is 8.41. The van der Waals surface area contributed by atoms with E-state index in [0.29, 0.717) is 116 Å². The van der Waals surface area contributed by atoms with Gasteiger partial charge < -0.3 is 55.3 Å². The van der Waals surface area contributed by atoms with E-state index in [-0.39, 0.29) is 72.4 Å². The van der Waals surface area contributed by atoms with Gasteiger partial charge in [0.2, 0.25) is 23.7 Å². The summed E-state index contributed by atoms with van der Waals surface area (Å²) in [6.07, 6.45) is 5.89. The fourth-order valence-corrected chi connectivity index (χ4v) is 15.3. The van der Waals surface area contributed by atoms with Gasteiger partial charge in [-0.2, -0.15) is 0 Å². The smallest absolute Gasteiger partial charge is 0.482 e. The maximum Gasteiger partial charge on any atom is 0.482 e. The fraction of sp³-hybridized carbons (Fsp3) is 0.629. The van der Waals surface area contributed by atoms with Crippen LogP contribution in [-0.2, 0) is 44.9 Å². The first kappa shape index (κ1) is 64.7. The summed E-state index contributed by atoms with van der Waals surface area (Å²) in [5, 5.41) is 32.5. The molecule has 5 fully saturated rings. The van der Waals surface area contributed by atoms with E-state index in [2.05, 4.69) is 51.8 Å². The third kappa shape index (κ3) is 14.3. The predicted octanol–water partition coefficient (Wildman–Crippen LogP) is 6.04. The molecular formula is C62H89BN8O13S. The number of aliphatic carboxylic acids is 1. The average molecular weight is 1200 g/mol. The lowest BCUT2D eigenvalue weighted by atomic mass is 9.43. The lowest BCUT2D eigenvalue weighted by Crippen LogP contribution is -2.65. The highest BCUT2D eigenvalue weighted by Crippen LogP contribution is 2.66. The monoisotopic (exact) mass is 1200 g/mol. The Morgan fingerprint density at radius 1 is 0.812 bits per heavy atom. The van der Waals surface area contributed by atoms with E-state index in [1.165, 1.54) is 0 Å². The lowest BCUT2D eigenvalue weighted by Gasteiger charge is -2.64. The number of aliphatic hydroxyl groups is 1. The topological polar surface area (TPSA) is 284 Å². The Morgan fingerprint density at radius 3 is 2.12 bits per heavy atom. The number of hydrogen-bond acceptors (Lipinski definition) is 13. The summed E-state index contributed by atoms with van der Waals surface area (Å²) in [4.78, 5) is 87.4. The molecule has 3 saturated carbocycles. The molecule has 6 aliphatic rings. The third-order valence-electron chi connectivity index (χ3n) is 18.5. The number of likely N-dealkylation sites (tertiary alicyclic amines) is 1. The number of nitrogens with zero attached hydrogens (tertiary/aromatic N) is 3. The molecule has 3 aliphatic heterocycles. The second-order valence-electron chi connectivity index (χ2n) is 25.8. The Hall–Kier alpha value is -6.30. The minimum absolute atomic E-state index is 0.00465. The Balaban J connectivity index is 0.809. The number of carbonyl (C=O) groups excluding carboxylic acids is 5. The van der Waals surface area contributed by atoms with Crippen molar-refractivity contribution < 1.29 is 61.4 Å². The molecule has 3 heterocycles. The van der Waals surface area contributed by atoms with Gasteiger partial charge in [0.25, 0.3) is 21.8 Å². The number of sulfonamides is 1. The van der Waals surface area contributed by atoms with Crippen LogP contribution in [0.2, 0.25) is 0 Å². The number of aliphatic imine (C=N–C) groups is 1. The molecule has 2 saturated heterocycles. The van der Waals surface area contributed by atoms with Crippen LogP contribution in [0.4, 0.5) is 0 Å². The highest BCUT2D eigenvalue weighted by molar-refractivity contribution is 7.90. The van der Waals surface area contributed by atoms with Crippen LogP contribution in [0.25, 0.3) is 10.8 Å². The maximum atomic E-state index is 14.1.